The van der Waals surface area contributed by atoms with Crippen LogP contribution in [-0.4, -0.2) is 56.0 Å². The van der Waals surface area contributed by atoms with Crippen LogP contribution in [0.3, 0.4) is 0 Å². The van der Waals surface area contributed by atoms with Crippen LogP contribution in [0.2, 0.25) is 0 Å². The molecule has 2 aliphatic heterocycles. The molecule has 2 fully saturated rings. The molecule has 0 atom stereocenters. The maximum atomic E-state index is 13.2. The second-order valence-corrected chi connectivity index (χ2v) is 10.4. The predicted molar refractivity (Wildman–Crippen MR) is 125 cm³/mol. The molecule has 32 heavy (non-hydrogen) atoms. The summed E-state index contributed by atoms with van der Waals surface area (Å²) in [5.41, 5.74) is 3.65. The number of aromatic nitrogens is 3. The Bertz CT molecular complexity index is 1020. The fourth-order valence-corrected chi connectivity index (χ4v) is 5.88. The lowest BCUT2D eigenvalue weighted by Gasteiger charge is -2.33. The molecular formula is C25H37N5O2. The molecule has 5 rings (SSSR count). The van der Waals surface area contributed by atoms with E-state index in [1.165, 1.54) is 32.1 Å². The highest BCUT2D eigenvalue weighted by Gasteiger charge is 2.28. The summed E-state index contributed by atoms with van der Waals surface area (Å²) in [6, 6.07) is 2.48. The van der Waals surface area contributed by atoms with E-state index in [4.69, 9.17) is 4.98 Å². The van der Waals surface area contributed by atoms with Crippen LogP contribution < -0.4 is 5.56 Å². The Kier molecular flexibility index (Phi) is 6.10. The lowest BCUT2D eigenvalue weighted by atomic mass is 9.86. The number of piperidine rings is 1. The molecule has 1 amide bonds. The third-order valence-electron chi connectivity index (χ3n) is 8.02. The van der Waals surface area contributed by atoms with E-state index < -0.39 is 0 Å². The van der Waals surface area contributed by atoms with E-state index >= 15 is 0 Å². The van der Waals surface area contributed by atoms with Crippen LogP contribution in [0, 0.1) is 5.92 Å². The fourth-order valence-electron chi connectivity index (χ4n) is 5.88. The van der Waals surface area contributed by atoms with Gasteiger partial charge in [-0.15, -0.1) is 0 Å². The van der Waals surface area contributed by atoms with Gasteiger partial charge in [0.2, 0.25) is 5.91 Å². The molecule has 2 aromatic rings. The van der Waals surface area contributed by atoms with E-state index in [1.54, 1.807) is 4.52 Å². The first-order valence-electron chi connectivity index (χ1n) is 12.6. The van der Waals surface area contributed by atoms with Gasteiger partial charge >= 0.3 is 0 Å². The van der Waals surface area contributed by atoms with E-state index in [1.807, 2.05) is 0 Å². The van der Waals surface area contributed by atoms with E-state index in [0.717, 1.165) is 67.9 Å². The first-order chi connectivity index (χ1) is 15.5. The lowest BCUT2D eigenvalue weighted by molar-refractivity contribution is -0.133. The molecule has 0 aromatic carbocycles. The van der Waals surface area contributed by atoms with Crippen molar-refractivity contribution in [1.82, 2.24) is 24.4 Å². The quantitative estimate of drug-likeness (QED) is 0.792. The van der Waals surface area contributed by atoms with Gasteiger partial charge in [-0.25, -0.2) is 9.50 Å². The molecule has 0 unspecified atom stereocenters. The molecule has 174 valence electrons. The minimum atomic E-state index is 0.0432. The second kappa shape index (κ2) is 9.00. The zero-order valence-corrected chi connectivity index (χ0v) is 19.6. The molecule has 3 aliphatic rings. The number of nitrogens with one attached hydrogen (secondary N) is 1. The number of likely N-dealkylation sites (tertiary alicyclic amines) is 1. The van der Waals surface area contributed by atoms with Gasteiger partial charge < -0.3 is 4.90 Å². The number of amides is 1. The summed E-state index contributed by atoms with van der Waals surface area (Å²) >= 11 is 0. The minimum Gasteiger partial charge on any atom is -0.343 e. The second-order valence-electron chi connectivity index (χ2n) is 10.4. The topological polar surface area (TPSA) is 73.7 Å². The maximum absolute atomic E-state index is 13.2. The molecule has 2 aromatic heterocycles. The molecule has 4 heterocycles. The van der Waals surface area contributed by atoms with Gasteiger partial charge in [0.05, 0.1) is 11.3 Å². The van der Waals surface area contributed by atoms with Gasteiger partial charge in [-0.2, -0.15) is 0 Å². The van der Waals surface area contributed by atoms with Gasteiger partial charge in [0, 0.05) is 62.7 Å². The van der Waals surface area contributed by atoms with Crippen LogP contribution in [0.15, 0.2) is 10.9 Å². The number of aromatic amines is 1. The summed E-state index contributed by atoms with van der Waals surface area (Å²) in [4.78, 5) is 35.2. The summed E-state index contributed by atoms with van der Waals surface area (Å²) in [6.07, 6.45) is 9.79. The van der Waals surface area contributed by atoms with E-state index in [0.29, 0.717) is 30.3 Å². The Morgan fingerprint density at radius 3 is 2.59 bits per heavy atom. The monoisotopic (exact) mass is 439 g/mol. The average molecular weight is 440 g/mol. The number of carbonyl (C=O) groups is 1. The summed E-state index contributed by atoms with van der Waals surface area (Å²) in [5.74, 6) is 1.28. The smallest absolute Gasteiger partial charge is 0.277 e. The standard InChI is InChI=1S/C25H37N5O2/c1-17(2)29-13-10-21-20(16-29)25(32)30-23(26-21)15-22(27-30)19-8-11-28(12-9-19)24(31)14-18-6-4-3-5-7-18/h15,17-19,27H,3-14,16H2,1-2H3. The van der Waals surface area contributed by atoms with Gasteiger partial charge in [0.15, 0.2) is 5.65 Å². The largest absolute Gasteiger partial charge is 0.343 e. The van der Waals surface area contributed by atoms with Crippen LogP contribution >= 0.6 is 0 Å². The SMILES string of the molecule is CC(C)N1CCc2nc3cc(C4CCN(C(=O)CC5CCCCC5)CC4)[nH]n3c(=O)c2C1. The minimum absolute atomic E-state index is 0.0432. The number of hydrogen-bond acceptors (Lipinski definition) is 4. The zero-order chi connectivity index (χ0) is 22.2. The van der Waals surface area contributed by atoms with Gasteiger partial charge in [0.1, 0.15) is 0 Å². The van der Waals surface area contributed by atoms with Crippen molar-refractivity contribution in [2.24, 2.45) is 5.92 Å². The Labute approximate surface area is 190 Å². The Morgan fingerprint density at radius 2 is 1.88 bits per heavy atom. The molecule has 7 heteroatoms. The molecule has 7 nitrogen and oxygen atoms in total. The van der Waals surface area contributed by atoms with Crippen molar-refractivity contribution in [2.75, 3.05) is 19.6 Å². The van der Waals surface area contributed by atoms with E-state index in [2.05, 4.69) is 34.8 Å². The number of hydrogen-bond donors (Lipinski definition) is 1. The van der Waals surface area contributed by atoms with E-state index in [9.17, 15) is 9.59 Å². The van der Waals surface area contributed by atoms with Crippen LogP contribution in [-0.2, 0) is 17.8 Å². The highest BCUT2D eigenvalue weighted by Crippen LogP contribution is 2.30. The van der Waals surface area contributed by atoms with Gasteiger partial charge in [-0.05, 0) is 45.4 Å². The first-order valence-corrected chi connectivity index (χ1v) is 12.6. The van der Waals surface area contributed by atoms with Crippen LogP contribution in [0.5, 0.6) is 0 Å². The Hall–Kier alpha value is -2.15. The van der Waals surface area contributed by atoms with Crippen molar-refractivity contribution in [3.63, 3.8) is 0 Å². The summed E-state index contributed by atoms with van der Waals surface area (Å²) in [5, 5.41) is 3.36. The third-order valence-corrected chi connectivity index (χ3v) is 8.02. The third kappa shape index (κ3) is 4.24. The van der Waals surface area contributed by atoms with Crippen molar-refractivity contribution in [2.45, 2.75) is 90.1 Å². The van der Waals surface area contributed by atoms with Crippen molar-refractivity contribution >= 4 is 11.6 Å². The molecule has 1 saturated heterocycles. The maximum Gasteiger partial charge on any atom is 0.277 e. The molecular weight excluding hydrogens is 402 g/mol. The number of nitrogens with zero attached hydrogens (tertiary/aromatic N) is 4. The fraction of sp³-hybridized carbons (Fsp3) is 0.720. The summed E-state index contributed by atoms with van der Waals surface area (Å²) in [6.45, 7) is 7.61. The van der Waals surface area contributed by atoms with Crippen molar-refractivity contribution in [3.05, 3.63) is 33.4 Å². The van der Waals surface area contributed by atoms with Crippen molar-refractivity contribution in [1.29, 1.82) is 0 Å². The number of fused-ring (bicyclic) bond motifs is 2. The van der Waals surface area contributed by atoms with Crippen LogP contribution in [0.1, 0.15) is 88.1 Å². The van der Waals surface area contributed by atoms with Gasteiger partial charge in [0.25, 0.3) is 5.56 Å². The molecule has 1 N–H and O–H groups in total. The highest BCUT2D eigenvalue weighted by molar-refractivity contribution is 5.76. The van der Waals surface area contributed by atoms with Gasteiger partial charge in [-0.1, -0.05) is 19.3 Å². The Balaban J connectivity index is 1.26. The lowest BCUT2D eigenvalue weighted by Crippen LogP contribution is -2.40. The number of rotatable bonds is 4. The Morgan fingerprint density at radius 1 is 1.12 bits per heavy atom. The molecule has 1 saturated carbocycles. The van der Waals surface area contributed by atoms with Crippen molar-refractivity contribution in [3.8, 4) is 0 Å². The van der Waals surface area contributed by atoms with Crippen LogP contribution in [0.25, 0.3) is 5.65 Å². The van der Waals surface area contributed by atoms with Crippen LogP contribution in [0.4, 0.5) is 0 Å². The average Bonchev–Trinajstić information content (AvgIpc) is 3.24. The highest BCUT2D eigenvalue weighted by atomic mass is 16.2. The van der Waals surface area contributed by atoms with Gasteiger partial charge in [-0.3, -0.25) is 19.6 Å². The normalized spacial score (nSPS) is 21.4. The number of H-pyrrole nitrogens is 1. The first kappa shape index (κ1) is 21.7. The summed E-state index contributed by atoms with van der Waals surface area (Å²) in [7, 11) is 0. The molecule has 1 aliphatic carbocycles. The molecule has 0 bridgehead atoms. The van der Waals surface area contributed by atoms with E-state index in [-0.39, 0.29) is 5.56 Å². The predicted octanol–water partition coefficient (Wildman–Crippen LogP) is 3.47. The summed E-state index contributed by atoms with van der Waals surface area (Å²) < 4.78 is 1.64. The zero-order valence-electron chi connectivity index (χ0n) is 19.6. The van der Waals surface area contributed by atoms with Crippen molar-refractivity contribution < 1.29 is 4.79 Å². The molecule has 0 radical (unpaired) electrons. The number of carbonyl (C=O) groups excluding carboxylic acids is 1. The molecule has 0 spiro atoms.